The van der Waals surface area contributed by atoms with Gasteiger partial charge >= 0.3 is 0 Å². The third-order valence-corrected chi connectivity index (χ3v) is 6.19. The Morgan fingerprint density at radius 1 is 0.794 bits per heavy atom. The highest BCUT2D eigenvalue weighted by Crippen LogP contribution is 2.45. The lowest BCUT2D eigenvalue weighted by Gasteiger charge is -2.40. The number of hydrogen-bond donors (Lipinski definition) is 0. The lowest BCUT2D eigenvalue weighted by Crippen LogP contribution is -2.41. The molecule has 0 saturated heterocycles. The molecule has 0 N–H and O–H groups in total. The Balaban J connectivity index is 1.73. The van der Waals surface area contributed by atoms with Gasteiger partial charge in [-0.05, 0) is 79.1 Å². The van der Waals surface area contributed by atoms with Crippen LogP contribution in [0.3, 0.4) is 0 Å². The van der Waals surface area contributed by atoms with Gasteiger partial charge in [-0.25, -0.2) is 0 Å². The zero-order valence-corrected chi connectivity index (χ0v) is 19.1. The Morgan fingerprint density at radius 2 is 1.68 bits per heavy atom. The van der Waals surface area contributed by atoms with Gasteiger partial charge in [-0.3, -0.25) is 15.0 Å². The summed E-state index contributed by atoms with van der Waals surface area (Å²) in [5, 5.41) is 0. The van der Waals surface area contributed by atoms with Crippen LogP contribution >= 0.6 is 0 Å². The number of nitrogens with zero attached hydrogens (tertiary/aromatic N) is 3. The molecule has 1 radical (unpaired) electrons. The molecular formula is C29H26N3O2. The Morgan fingerprint density at radius 3 is 2.35 bits per heavy atom. The molecule has 5 aromatic heterocycles. The van der Waals surface area contributed by atoms with E-state index in [2.05, 4.69) is 40.3 Å². The molecule has 1 unspecified atom stereocenters. The minimum atomic E-state index is -0.527. The van der Waals surface area contributed by atoms with Crippen molar-refractivity contribution < 1.29 is 8.83 Å². The number of hydrogen-bond acceptors (Lipinski definition) is 5. The maximum atomic E-state index is 6.12. The molecule has 0 amide bonds. The van der Waals surface area contributed by atoms with Crippen molar-refractivity contribution in [3.63, 3.8) is 0 Å². The first kappa shape index (κ1) is 21.8. The molecule has 0 aliphatic rings. The van der Waals surface area contributed by atoms with Gasteiger partial charge in [-0.15, -0.1) is 0 Å². The number of pyridine rings is 3. The van der Waals surface area contributed by atoms with Crippen LogP contribution in [0.15, 0.2) is 113 Å². The average Bonchev–Trinajstić information content (AvgIpc) is 3.55. The van der Waals surface area contributed by atoms with Crippen LogP contribution in [-0.2, 0) is 24.7 Å². The minimum Gasteiger partial charge on any atom is -0.469 e. The smallest absolute Gasteiger partial charge is 0.105 e. The van der Waals surface area contributed by atoms with Crippen LogP contribution in [0.2, 0.25) is 0 Å². The molecule has 0 bridgehead atoms. The highest BCUT2D eigenvalue weighted by Gasteiger charge is 2.45. The summed E-state index contributed by atoms with van der Waals surface area (Å²) < 4.78 is 12.0. The summed E-state index contributed by atoms with van der Waals surface area (Å²) in [6, 6.07) is 22.4. The van der Waals surface area contributed by atoms with Gasteiger partial charge in [0.1, 0.15) is 17.3 Å². The normalized spacial score (nSPS) is 13.1. The van der Waals surface area contributed by atoms with Crippen molar-refractivity contribution in [2.24, 2.45) is 0 Å². The van der Waals surface area contributed by atoms with Gasteiger partial charge in [0, 0.05) is 60.9 Å². The number of aromatic nitrogens is 3. The van der Waals surface area contributed by atoms with Crippen molar-refractivity contribution in [3.8, 4) is 0 Å². The van der Waals surface area contributed by atoms with E-state index >= 15 is 0 Å². The molecule has 1 atom stereocenters. The third kappa shape index (κ3) is 4.69. The van der Waals surface area contributed by atoms with Gasteiger partial charge in [0.25, 0.3) is 0 Å². The zero-order valence-electron chi connectivity index (χ0n) is 19.1. The molecule has 0 fully saturated rings. The predicted molar refractivity (Wildman–Crippen MR) is 130 cm³/mol. The monoisotopic (exact) mass is 448 g/mol. The van der Waals surface area contributed by atoms with E-state index in [9.17, 15) is 0 Å². The summed E-state index contributed by atoms with van der Waals surface area (Å²) in [4.78, 5) is 13.5. The molecule has 5 heterocycles. The van der Waals surface area contributed by atoms with E-state index in [0.717, 1.165) is 34.1 Å². The van der Waals surface area contributed by atoms with Gasteiger partial charge in [-0.2, -0.15) is 0 Å². The predicted octanol–water partition coefficient (Wildman–Crippen LogP) is 5.95. The van der Waals surface area contributed by atoms with Gasteiger partial charge in [0.05, 0.1) is 6.26 Å². The summed E-state index contributed by atoms with van der Waals surface area (Å²) in [7, 11) is 0. The van der Waals surface area contributed by atoms with Crippen LogP contribution in [0.4, 0.5) is 0 Å². The van der Waals surface area contributed by atoms with Gasteiger partial charge < -0.3 is 8.83 Å². The van der Waals surface area contributed by atoms with Gasteiger partial charge in [0.2, 0.25) is 0 Å². The van der Waals surface area contributed by atoms with E-state index in [1.54, 1.807) is 12.5 Å². The topological polar surface area (TPSA) is 65.0 Å². The van der Waals surface area contributed by atoms with E-state index < -0.39 is 5.41 Å². The molecule has 0 saturated carbocycles. The van der Waals surface area contributed by atoms with Crippen molar-refractivity contribution in [3.05, 3.63) is 144 Å². The molecule has 0 aliphatic heterocycles. The number of furan rings is 2. The second-order valence-corrected chi connectivity index (χ2v) is 8.49. The van der Waals surface area contributed by atoms with E-state index in [0.29, 0.717) is 19.3 Å². The molecule has 5 rings (SSSR count). The number of rotatable bonds is 9. The molecule has 0 aliphatic carbocycles. The fraction of sp³-hybridized carbons (Fsp3) is 0.172. The molecule has 34 heavy (non-hydrogen) atoms. The lowest BCUT2D eigenvalue weighted by molar-refractivity contribution is 0.347. The van der Waals surface area contributed by atoms with E-state index in [1.807, 2.05) is 68.1 Å². The molecule has 0 spiro atoms. The van der Waals surface area contributed by atoms with Crippen LogP contribution in [-0.4, -0.2) is 15.0 Å². The summed E-state index contributed by atoms with van der Waals surface area (Å²) >= 11 is 0. The minimum absolute atomic E-state index is 0.527. The van der Waals surface area contributed by atoms with E-state index in [4.69, 9.17) is 13.8 Å². The van der Waals surface area contributed by atoms with E-state index in [1.165, 1.54) is 5.92 Å². The summed E-state index contributed by atoms with van der Waals surface area (Å²) in [5.74, 6) is 3.91. The van der Waals surface area contributed by atoms with Gasteiger partial charge in [-0.1, -0.05) is 12.1 Å². The Bertz CT molecular complexity index is 1290. The van der Waals surface area contributed by atoms with Crippen LogP contribution in [0.5, 0.6) is 0 Å². The summed E-state index contributed by atoms with van der Waals surface area (Å²) in [6.07, 6.45) is 13.0. The average molecular weight is 449 g/mol. The van der Waals surface area contributed by atoms with Crippen LogP contribution < -0.4 is 0 Å². The maximum absolute atomic E-state index is 6.12. The van der Waals surface area contributed by atoms with Crippen molar-refractivity contribution in [1.29, 1.82) is 0 Å². The largest absolute Gasteiger partial charge is 0.469 e. The second-order valence-electron chi connectivity index (χ2n) is 8.49. The van der Waals surface area contributed by atoms with Crippen molar-refractivity contribution in [2.75, 3.05) is 0 Å². The lowest BCUT2D eigenvalue weighted by atomic mass is 9.63. The fourth-order valence-corrected chi connectivity index (χ4v) is 4.65. The molecule has 169 valence electrons. The van der Waals surface area contributed by atoms with Crippen molar-refractivity contribution in [2.45, 2.75) is 31.6 Å². The van der Waals surface area contributed by atoms with Crippen LogP contribution in [0.1, 0.15) is 34.1 Å². The van der Waals surface area contributed by atoms with Gasteiger partial charge in [0.15, 0.2) is 0 Å². The molecular weight excluding hydrogens is 422 g/mol. The summed E-state index contributed by atoms with van der Waals surface area (Å²) in [6.45, 7) is 1.97. The van der Waals surface area contributed by atoms with Crippen molar-refractivity contribution in [1.82, 2.24) is 15.0 Å². The Hall–Kier alpha value is -3.99. The highest BCUT2D eigenvalue weighted by molar-refractivity contribution is 5.46. The first-order chi connectivity index (χ1) is 16.7. The first-order valence-electron chi connectivity index (χ1n) is 11.4. The standard InChI is InChI=1S/C29H26N3O2/c1-22-9-10-26(34-22)20-29(19-25-7-5-17-33-25,28-8-2-3-14-32-28)27(24-11-15-30-16-12-24)18-23-6-4-13-31-21-23/h2-17,21H,18-20H2,1H3. The first-order valence-corrected chi connectivity index (χ1v) is 11.4. The van der Waals surface area contributed by atoms with E-state index in [-0.39, 0.29) is 0 Å². The fourth-order valence-electron chi connectivity index (χ4n) is 4.65. The number of aryl methyl sites for hydroxylation is 1. The summed E-state index contributed by atoms with van der Waals surface area (Å²) in [5.41, 5.74) is 2.68. The molecule has 5 heteroatoms. The SMILES string of the molecule is Cc1ccc(CC(Cc2ccco2)([C](Cc2cccnc2)c2ccncc2)c2ccccn2)o1. The maximum Gasteiger partial charge on any atom is 0.105 e. The quantitative estimate of drug-likeness (QED) is 0.279. The zero-order chi connectivity index (χ0) is 23.2. The van der Waals surface area contributed by atoms with Crippen LogP contribution in [0, 0.1) is 12.8 Å². The Labute approximate surface area is 199 Å². The molecule has 5 aromatic rings. The molecule has 0 aromatic carbocycles. The van der Waals surface area contributed by atoms with Crippen LogP contribution in [0.25, 0.3) is 0 Å². The molecule has 5 nitrogen and oxygen atoms in total. The Kier molecular flexibility index (Phi) is 6.34. The highest BCUT2D eigenvalue weighted by atomic mass is 16.3. The third-order valence-electron chi connectivity index (χ3n) is 6.19. The second kappa shape index (κ2) is 9.87. The van der Waals surface area contributed by atoms with Crippen molar-refractivity contribution >= 4 is 0 Å².